The van der Waals surface area contributed by atoms with Crippen molar-refractivity contribution in [3.63, 3.8) is 0 Å². The third-order valence-corrected chi connectivity index (χ3v) is 4.94. The van der Waals surface area contributed by atoms with Crippen LogP contribution >= 0.6 is 0 Å². The summed E-state index contributed by atoms with van der Waals surface area (Å²) in [6, 6.07) is 15.2. The highest BCUT2D eigenvalue weighted by Gasteiger charge is 2.17. The molecule has 0 aliphatic heterocycles. The predicted molar refractivity (Wildman–Crippen MR) is 109 cm³/mol. The number of fused-ring (bicyclic) bond motifs is 1. The number of H-pyrrole nitrogens is 1. The van der Waals surface area contributed by atoms with Crippen LogP contribution in [0.5, 0.6) is 5.75 Å². The molecule has 6 heteroatoms. The van der Waals surface area contributed by atoms with Crippen LogP contribution in [0.1, 0.15) is 27.3 Å². The molecule has 2 heterocycles. The van der Waals surface area contributed by atoms with Crippen LogP contribution in [-0.2, 0) is 6.42 Å². The van der Waals surface area contributed by atoms with Gasteiger partial charge in [-0.25, -0.2) is 14.2 Å². The number of carbonyl (C=O) groups is 1. The van der Waals surface area contributed by atoms with E-state index in [1.165, 1.54) is 18.2 Å². The fourth-order valence-electron chi connectivity index (χ4n) is 3.53. The standard InChI is InChI=1S/C23H19FN2O3/c1-13-10-17-18(11-16-4-3-5-19(25-16)23(27)28)22(14-6-8-15(24)9-7-14)26-20(17)12-21(13)29-2/h3-10,12,26H,11H2,1-2H3,(H,27,28). The molecule has 0 amide bonds. The molecule has 2 N–H and O–H groups in total. The van der Waals surface area contributed by atoms with Crippen LogP contribution in [0.15, 0.2) is 54.6 Å². The first-order valence-electron chi connectivity index (χ1n) is 9.10. The van der Waals surface area contributed by atoms with Crippen LogP contribution in [0.4, 0.5) is 4.39 Å². The molecule has 2 aromatic heterocycles. The van der Waals surface area contributed by atoms with Gasteiger partial charge in [-0.1, -0.05) is 6.07 Å². The van der Waals surface area contributed by atoms with E-state index in [9.17, 15) is 14.3 Å². The highest BCUT2D eigenvalue weighted by Crippen LogP contribution is 2.35. The lowest BCUT2D eigenvalue weighted by Crippen LogP contribution is -2.03. The largest absolute Gasteiger partial charge is 0.496 e. The molecule has 146 valence electrons. The lowest BCUT2D eigenvalue weighted by atomic mass is 9.99. The van der Waals surface area contributed by atoms with Gasteiger partial charge in [-0.05, 0) is 66.1 Å². The van der Waals surface area contributed by atoms with Gasteiger partial charge in [-0.15, -0.1) is 0 Å². The van der Waals surface area contributed by atoms with Crippen LogP contribution in [0.3, 0.4) is 0 Å². The number of aromatic nitrogens is 2. The van der Waals surface area contributed by atoms with Gasteiger partial charge in [0.1, 0.15) is 17.3 Å². The number of hydrogen-bond acceptors (Lipinski definition) is 3. The molecule has 0 spiro atoms. The van der Waals surface area contributed by atoms with Crippen molar-refractivity contribution in [1.29, 1.82) is 0 Å². The topological polar surface area (TPSA) is 75.2 Å². The van der Waals surface area contributed by atoms with Crippen molar-refractivity contribution in [3.8, 4) is 17.0 Å². The third-order valence-electron chi connectivity index (χ3n) is 4.94. The molecule has 0 fully saturated rings. The Morgan fingerprint density at radius 1 is 1.17 bits per heavy atom. The maximum Gasteiger partial charge on any atom is 0.354 e. The molecular weight excluding hydrogens is 371 g/mol. The Hall–Kier alpha value is -3.67. The first kappa shape index (κ1) is 18.7. The molecule has 0 unspecified atom stereocenters. The van der Waals surface area contributed by atoms with Crippen LogP contribution < -0.4 is 4.74 Å². The smallest absolute Gasteiger partial charge is 0.354 e. The molecule has 4 rings (SSSR count). The monoisotopic (exact) mass is 390 g/mol. The fraction of sp³-hybridized carbons (Fsp3) is 0.130. The number of aromatic carboxylic acids is 1. The number of hydrogen-bond donors (Lipinski definition) is 2. The molecule has 0 radical (unpaired) electrons. The minimum atomic E-state index is -1.06. The van der Waals surface area contributed by atoms with Gasteiger partial charge in [0.15, 0.2) is 0 Å². The van der Waals surface area contributed by atoms with Gasteiger partial charge >= 0.3 is 5.97 Å². The summed E-state index contributed by atoms with van der Waals surface area (Å²) < 4.78 is 18.9. The second-order valence-corrected chi connectivity index (χ2v) is 6.85. The molecule has 4 aromatic rings. The molecule has 0 saturated heterocycles. The summed E-state index contributed by atoms with van der Waals surface area (Å²) in [6.45, 7) is 1.97. The first-order chi connectivity index (χ1) is 14.0. The SMILES string of the molecule is COc1cc2[nH]c(-c3ccc(F)cc3)c(Cc3cccc(C(=O)O)n3)c2cc1C. The van der Waals surface area contributed by atoms with E-state index in [-0.39, 0.29) is 11.5 Å². The minimum absolute atomic E-state index is 0.00326. The Bertz CT molecular complexity index is 1210. The maximum absolute atomic E-state index is 13.4. The van der Waals surface area contributed by atoms with E-state index in [1.807, 2.05) is 19.1 Å². The summed E-state index contributed by atoms with van der Waals surface area (Å²) in [6.07, 6.45) is 0.430. The minimum Gasteiger partial charge on any atom is -0.496 e. The number of pyridine rings is 1. The van der Waals surface area contributed by atoms with E-state index in [1.54, 1.807) is 31.4 Å². The van der Waals surface area contributed by atoms with Crippen molar-refractivity contribution in [2.45, 2.75) is 13.3 Å². The number of methoxy groups -OCH3 is 1. The Kier molecular flexibility index (Phi) is 4.76. The van der Waals surface area contributed by atoms with Crippen LogP contribution in [0.2, 0.25) is 0 Å². The quantitative estimate of drug-likeness (QED) is 0.504. The normalized spacial score (nSPS) is 11.0. The summed E-state index contributed by atoms with van der Waals surface area (Å²) in [5.41, 5.74) is 5.16. The van der Waals surface area contributed by atoms with E-state index in [0.29, 0.717) is 12.1 Å². The molecule has 0 aliphatic rings. The van der Waals surface area contributed by atoms with Crippen molar-refractivity contribution >= 4 is 16.9 Å². The zero-order valence-electron chi connectivity index (χ0n) is 16.0. The van der Waals surface area contributed by atoms with Gasteiger partial charge < -0.3 is 14.8 Å². The van der Waals surface area contributed by atoms with Gasteiger partial charge in [-0.2, -0.15) is 0 Å². The summed E-state index contributed by atoms with van der Waals surface area (Å²) >= 11 is 0. The average Bonchev–Trinajstić information content (AvgIpc) is 3.05. The van der Waals surface area contributed by atoms with E-state index >= 15 is 0 Å². The number of ether oxygens (including phenoxy) is 1. The van der Waals surface area contributed by atoms with Gasteiger partial charge in [-0.3, -0.25) is 0 Å². The van der Waals surface area contributed by atoms with Crippen molar-refractivity contribution < 1.29 is 19.0 Å². The molecule has 0 saturated carbocycles. The predicted octanol–water partition coefficient (Wildman–Crippen LogP) is 4.98. The molecule has 29 heavy (non-hydrogen) atoms. The molecule has 0 atom stereocenters. The van der Waals surface area contributed by atoms with E-state index in [4.69, 9.17) is 4.74 Å². The molecule has 2 aromatic carbocycles. The lowest BCUT2D eigenvalue weighted by molar-refractivity contribution is 0.0690. The number of carboxylic acid groups (broad SMARTS) is 1. The van der Waals surface area contributed by atoms with Gasteiger partial charge in [0.25, 0.3) is 0 Å². The highest BCUT2D eigenvalue weighted by atomic mass is 19.1. The number of carboxylic acids is 1. The third kappa shape index (κ3) is 3.57. The van der Waals surface area contributed by atoms with E-state index in [0.717, 1.165) is 39.0 Å². The number of aromatic amines is 1. The maximum atomic E-state index is 13.4. The second kappa shape index (κ2) is 7.39. The van der Waals surface area contributed by atoms with Crippen molar-refractivity contribution in [2.24, 2.45) is 0 Å². The summed E-state index contributed by atoms with van der Waals surface area (Å²) in [7, 11) is 1.63. The first-order valence-corrected chi connectivity index (χ1v) is 9.10. The van der Waals surface area contributed by atoms with Crippen LogP contribution in [-0.4, -0.2) is 28.2 Å². The van der Waals surface area contributed by atoms with Crippen LogP contribution in [0.25, 0.3) is 22.2 Å². The molecule has 0 aliphatic carbocycles. The van der Waals surface area contributed by atoms with Gasteiger partial charge in [0.2, 0.25) is 0 Å². The Morgan fingerprint density at radius 3 is 2.62 bits per heavy atom. The molecule has 5 nitrogen and oxygen atoms in total. The highest BCUT2D eigenvalue weighted by molar-refractivity contribution is 5.93. The van der Waals surface area contributed by atoms with Crippen molar-refractivity contribution in [1.82, 2.24) is 9.97 Å². The number of nitrogens with zero attached hydrogens (tertiary/aromatic N) is 1. The number of aryl methyl sites for hydroxylation is 1. The van der Waals surface area contributed by atoms with E-state index < -0.39 is 5.97 Å². The Labute approximate surface area is 166 Å². The number of nitrogens with one attached hydrogen (secondary N) is 1. The zero-order chi connectivity index (χ0) is 20.5. The summed E-state index contributed by atoms with van der Waals surface area (Å²) in [5, 5.41) is 10.2. The Morgan fingerprint density at radius 2 is 1.93 bits per heavy atom. The zero-order valence-corrected chi connectivity index (χ0v) is 16.0. The molecule has 0 bridgehead atoms. The average molecular weight is 390 g/mol. The fourth-order valence-corrected chi connectivity index (χ4v) is 3.53. The summed E-state index contributed by atoms with van der Waals surface area (Å²) in [4.78, 5) is 19.0. The van der Waals surface area contributed by atoms with Crippen molar-refractivity contribution in [3.05, 3.63) is 82.9 Å². The van der Waals surface area contributed by atoms with Gasteiger partial charge in [0, 0.05) is 29.1 Å². The number of halogens is 1. The van der Waals surface area contributed by atoms with E-state index in [2.05, 4.69) is 9.97 Å². The number of rotatable bonds is 5. The second-order valence-electron chi connectivity index (χ2n) is 6.85. The van der Waals surface area contributed by atoms with Crippen LogP contribution in [0, 0.1) is 12.7 Å². The van der Waals surface area contributed by atoms with Gasteiger partial charge in [0.05, 0.1) is 12.8 Å². The van der Waals surface area contributed by atoms with Crippen molar-refractivity contribution in [2.75, 3.05) is 7.11 Å². The lowest BCUT2D eigenvalue weighted by Gasteiger charge is -2.07. The Balaban J connectivity index is 1.90. The summed E-state index contributed by atoms with van der Waals surface area (Å²) in [5.74, 6) is -0.605. The number of benzene rings is 2. The molecular formula is C23H19FN2O3.